The molecular formula is C26H31ClO11. The van der Waals surface area contributed by atoms with E-state index >= 15 is 0 Å². The second kappa shape index (κ2) is 9.17. The zero-order valence-electron chi connectivity index (χ0n) is 21.9. The van der Waals surface area contributed by atoms with Crippen LogP contribution in [0.4, 0.5) is 0 Å². The number of carbonyl (C=O) groups is 5. The molecule has 11 nitrogen and oxygen atoms in total. The predicted octanol–water partition coefficient (Wildman–Crippen LogP) is 1.17. The monoisotopic (exact) mass is 554 g/mol. The maximum Gasteiger partial charge on any atom is 0.312 e. The van der Waals surface area contributed by atoms with Gasteiger partial charge in [0.15, 0.2) is 29.2 Å². The zero-order valence-corrected chi connectivity index (χ0v) is 22.6. The van der Waals surface area contributed by atoms with Crippen LogP contribution >= 0.6 is 11.6 Å². The number of hydrogen-bond donors (Lipinski definition) is 1. The van der Waals surface area contributed by atoms with Crippen molar-refractivity contribution in [2.24, 2.45) is 17.3 Å². The summed E-state index contributed by atoms with van der Waals surface area (Å²) in [5.41, 5.74) is -5.49. The summed E-state index contributed by atoms with van der Waals surface area (Å²) in [6.45, 7) is 11.8. The number of fused-ring (bicyclic) bond motifs is 4. The first-order valence-corrected chi connectivity index (χ1v) is 12.6. The molecule has 1 N–H and O–H groups in total. The van der Waals surface area contributed by atoms with Crippen LogP contribution in [-0.2, 0) is 47.7 Å². The Morgan fingerprint density at radius 1 is 1.05 bits per heavy atom. The highest BCUT2D eigenvalue weighted by Gasteiger charge is 2.75. The van der Waals surface area contributed by atoms with E-state index in [1.165, 1.54) is 32.9 Å². The fourth-order valence-electron chi connectivity index (χ4n) is 6.38. The molecule has 38 heavy (non-hydrogen) atoms. The van der Waals surface area contributed by atoms with Crippen molar-refractivity contribution in [3.63, 3.8) is 0 Å². The summed E-state index contributed by atoms with van der Waals surface area (Å²) in [6.07, 6.45) is -3.15. The Labute approximate surface area is 224 Å². The average molecular weight is 555 g/mol. The molecule has 1 saturated carbocycles. The number of carbonyl (C=O) groups excluding carboxylic acids is 5. The summed E-state index contributed by atoms with van der Waals surface area (Å²) >= 11 is 6.76. The van der Waals surface area contributed by atoms with Gasteiger partial charge < -0.3 is 28.8 Å². The van der Waals surface area contributed by atoms with Crippen LogP contribution in [0.15, 0.2) is 24.3 Å². The molecule has 11 atom stereocenters. The number of esters is 4. The molecular weight excluding hydrogens is 524 g/mol. The van der Waals surface area contributed by atoms with Crippen LogP contribution < -0.4 is 0 Å². The molecule has 2 aliphatic carbocycles. The van der Waals surface area contributed by atoms with Gasteiger partial charge in [-0.1, -0.05) is 19.6 Å². The van der Waals surface area contributed by atoms with Gasteiger partial charge in [-0.2, -0.15) is 0 Å². The fraction of sp³-hybridized carbons (Fsp3) is 0.654. The molecule has 0 spiro atoms. The normalized spacial score (nSPS) is 45.6. The second-order valence-corrected chi connectivity index (χ2v) is 11.2. The van der Waals surface area contributed by atoms with E-state index in [1.54, 1.807) is 6.92 Å². The standard InChI is InChI=1S/C26H31ClO11/c1-10-16(27)20-26(33,11(2)23(32)37-20)22(35-13(4)29)19-24(6,21-18(36-21)17(10)34-12(3)28)9-8-15(31)25(19,7)38-14(5)30/h8-9,11,16-22,33H,1H2,2-7H3/t11-,16-,17?,18+,19+,20-,21-,22?,24-,25+,26-/m0/s1. The van der Waals surface area contributed by atoms with Crippen molar-refractivity contribution in [1.29, 1.82) is 0 Å². The van der Waals surface area contributed by atoms with E-state index < -0.39 is 94.0 Å². The molecule has 0 aromatic carbocycles. The Bertz CT molecular complexity index is 1150. The zero-order chi connectivity index (χ0) is 28.5. The maximum absolute atomic E-state index is 13.4. The number of ether oxygens (including phenoxy) is 5. The van der Waals surface area contributed by atoms with Crippen LogP contribution in [0.1, 0.15) is 41.5 Å². The highest BCUT2D eigenvalue weighted by atomic mass is 35.5. The van der Waals surface area contributed by atoms with E-state index in [0.29, 0.717) is 0 Å². The van der Waals surface area contributed by atoms with Gasteiger partial charge in [0.25, 0.3) is 0 Å². The van der Waals surface area contributed by atoms with E-state index in [9.17, 15) is 29.1 Å². The Morgan fingerprint density at radius 3 is 2.21 bits per heavy atom. The summed E-state index contributed by atoms with van der Waals surface area (Å²) in [5, 5.41) is 11.0. The molecule has 0 radical (unpaired) electrons. The molecule has 3 fully saturated rings. The summed E-state index contributed by atoms with van der Waals surface area (Å²) in [5.74, 6) is -6.38. The van der Waals surface area contributed by atoms with Crippen LogP contribution in [-0.4, -0.2) is 81.9 Å². The molecule has 2 unspecified atom stereocenters. The summed E-state index contributed by atoms with van der Waals surface area (Å²) in [6, 6.07) is 0. The van der Waals surface area contributed by atoms with Crippen molar-refractivity contribution >= 4 is 41.3 Å². The summed E-state index contributed by atoms with van der Waals surface area (Å²) < 4.78 is 28.4. The quantitative estimate of drug-likeness (QED) is 0.176. The molecule has 0 amide bonds. The lowest BCUT2D eigenvalue weighted by Crippen LogP contribution is -2.70. The van der Waals surface area contributed by atoms with Gasteiger partial charge in [0.1, 0.15) is 12.2 Å². The Kier molecular flexibility index (Phi) is 6.82. The minimum absolute atomic E-state index is 0.0990. The highest BCUT2D eigenvalue weighted by Crippen LogP contribution is 2.59. The van der Waals surface area contributed by atoms with Gasteiger partial charge in [-0.3, -0.25) is 24.0 Å². The lowest BCUT2D eigenvalue weighted by molar-refractivity contribution is -0.225. The van der Waals surface area contributed by atoms with Crippen LogP contribution in [0.25, 0.3) is 0 Å². The number of ketones is 1. The summed E-state index contributed by atoms with van der Waals surface area (Å²) in [7, 11) is 0. The molecule has 2 saturated heterocycles. The van der Waals surface area contributed by atoms with Gasteiger partial charge in [0.05, 0.1) is 23.3 Å². The van der Waals surface area contributed by atoms with E-state index in [2.05, 4.69) is 6.58 Å². The number of rotatable bonds is 3. The van der Waals surface area contributed by atoms with Crippen molar-refractivity contribution in [2.45, 2.75) is 88.6 Å². The Hall–Kier alpha value is -2.76. The van der Waals surface area contributed by atoms with E-state index in [0.717, 1.165) is 13.8 Å². The number of alkyl halides is 1. The predicted molar refractivity (Wildman–Crippen MR) is 128 cm³/mol. The van der Waals surface area contributed by atoms with Crippen molar-refractivity contribution < 1.29 is 52.8 Å². The third kappa shape index (κ3) is 4.06. The Balaban J connectivity index is 2.04. The smallest absolute Gasteiger partial charge is 0.312 e. The van der Waals surface area contributed by atoms with E-state index in [-0.39, 0.29) is 5.57 Å². The molecule has 0 bridgehead atoms. The van der Waals surface area contributed by atoms with Crippen molar-refractivity contribution in [3.8, 4) is 0 Å². The SMILES string of the molecule is C=C1C(OC(C)=O)[C@H]2O[C@@H]2[C@@]2(C)C=CC(=O)[C@@](C)(OC(C)=O)[C@@H]2C(OC(C)=O)[C@]2(O)[C@@H](C)C(=O)O[C@H]2[C@H]1Cl. The van der Waals surface area contributed by atoms with Crippen LogP contribution in [0.5, 0.6) is 0 Å². The van der Waals surface area contributed by atoms with Gasteiger partial charge in [0, 0.05) is 26.2 Å². The lowest BCUT2D eigenvalue weighted by Gasteiger charge is -2.53. The van der Waals surface area contributed by atoms with E-state index in [4.69, 9.17) is 35.3 Å². The minimum Gasteiger partial charge on any atom is -0.459 e. The minimum atomic E-state index is -2.33. The molecule has 0 aromatic rings. The first kappa shape index (κ1) is 28.3. The molecule has 2 heterocycles. The highest BCUT2D eigenvalue weighted by molar-refractivity contribution is 6.23. The first-order valence-electron chi connectivity index (χ1n) is 12.2. The van der Waals surface area contributed by atoms with Crippen LogP contribution in [0.3, 0.4) is 0 Å². The molecule has 4 rings (SSSR count). The maximum atomic E-state index is 13.4. The van der Waals surface area contributed by atoms with Gasteiger partial charge in [-0.15, -0.1) is 11.6 Å². The van der Waals surface area contributed by atoms with Gasteiger partial charge in [-0.05, 0) is 25.5 Å². The van der Waals surface area contributed by atoms with E-state index in [1.807, 2.05) is 0 Å². The number of hydrogen-bond acceptors (Lipinski definition) is 11. The summed E-state index contributed by atoms with van der Waals surface area (Å²) in [4.78, 5) is 63.0. The van der Waals surface area contributed by atoms with Gasteiger partial charge in [0.2, 0.25) is 0 Å². The van der Waals surface area contributed by atoms with Crippen LogP contribution in [0.2, 0.25) is 0 Å². The number of aliphatic hydroxyl groups is 1. The fourth-order valence-corrected chi connectivity index (χ4v) is 6.75. The molecule has 0 aromatic heterocycles. The largest absolute Gasteiger partial charge is 0.459 e. The average Bonchev–Trinajstić information content (AvgIpc) is 3.57. The molecule has 208 valence electrons. The van der Waals surface area contributed by atoms with Gasteiger partial charge in [-0.25, -0.2) is 0 Å². The molecule has 2 aliphatic heterocycles. The van der Waals surface area contributed by atoms with Crippen LogP contribution in [0, 0.1) is 17.3 Å². The lowest BCUT2D eigenvalue weighted by atomic mass is 9.55. The molecule has 4 aliphatic rings. The second-order valence-electron chi connectivity index (χ2n) is 10.8. The number of halogens is 1. The van der Waals surface area contributed by atoms with Crippen molar-refractivity contribution in [2.75, 3.05) is 0 Å². The van der Waals surface area contributed by atoms with Gasteiger partial charge >= 0.3 is 23.9 Å². The van der Waals surface area contributed by atoms with Crippen molar-refractivity contribution in [3.05, 3.63) is 24.3 Å². The topological polar surface area (TPSA) is 155 Å². The number of epoxide rings is 1. The first-order chi connectivity index (χ1) is 17.5. The Morgan fingerprint density at radius 2 is 1.66 bits per heavy atom. The third-order valence-electron chi connectivity index (χ3n) is 8.22. The molecule has 12 heteroatoms. The third-order valence-corrected chi connectivity index (χ3v) is 8.72. The van der Waals surface area contributed by atoms with Crippen molar-refractivity contribution in [1.82, 2.24) is 0 Å².